The first-order valence-corrected chi connectivity index (χ1v) is 11.7. The van der Waals surface area contributed by atoms with Crippen LogP contribution < -0.4 is 10.1 Å². The molecule has 156 valence electrons. The van der Waals surface area contributed by atoms with Crippen LogP contribution in [-0.2, 0) is 0 Å². The monoisotopic (exact) mass is 514 g/mol. The molecule has 6 nitrogen and oxygen atoms in total. The number of furan rings is 1. The number of thioether (sulfide) groups is 1. The average molecular weight is 516 g/mol. The summed E-state index contributed by atoms with van der Waals surface area (Å²) in [6, 6.07) is 17.2. The highest BCUT2D eigenvalue weighted by atomic mass is 79.9. The molecule has 0 aliphatic carbocycles. The fourth-order valence-corrected chi connectivity index (χ4v) is 4.24. The van der Waals surface area contributed by atoms with E-state index in [9.17, 15) is 0 Å². The molecule has 0 saturated heterocycles. The van der Waals surface area contributed by atoms with Gasteiger partial charge in [0.1, 0.15) is 5.76 Å². The minimum absolute atomic E-state index is 0.407. The molecule has 2 aromatic carbocycles. The van der Waals surface area contributed by atoms with Gasteiger partial charge >= 0.3 is 0 Å². The number of rotatable bonds is 4. The highest BCUT2D eigenvalue weighted by Gasteiger charge is 2.28. The summed E-state index contributed by atoms with van der Waals surface area (Å²) in [7, 11) is 0. The molecular weight excluding hydrogens is 500 g/mol. The lowest BCUT2D eigenvalue weighted by Crippen LogP contribution is -2.16. The van der Waals surface area contributed by atoms with E-state index in [1.54, 1.807) is 0 Å². The quantitative estimate of drug-likeness (QED) is 0.299. The molecule has 2 aromatic heterocycles. The molecule has 1 aliphatic heterocycles. The van der Waals surface area contributed by atoms with Crippen molar-refractivity contribution in [3.05, 3.63) is 69.9 Å². The predicted molar refractivity (Wildman–Crippen MR) is 126 cm³/mol. The Morgan fingerprint density at radius 1 is 1.10 bits per heavy atom. The number of anilines is 1. The number of nitrogens with zero attached hydrogens (tertiary/aromatic N) is 3. The van der Waals surface area contributed by atoms with E-state index >= 15 is 0 Å². The Bertz CT molecular complexity index is 1250. The first-order valence-electron chi connectivity index (χ1n) is 9.57. The fraction of sp³-hybridized carbons (Fsp3) is 0.136. The molecule has 1 N–H and O–H groups in total. The predicted octanol–water partition coefficient (Wildman–Crippen LogP) is 6.83. The van der Waals surface area contributed by atoms with Crippen LogP contribution in [0.25, 0.3) is 22.6 Å². The number of aromatic nitrogens is 3. The van der Waals surface area contributed by atoms with Gasteiger partial charge in [0.15, 0.2) is 11.5 Å². The van der Waals surface area contributed by atoms with Crippen LogP contribution in [-0.4, -0.2) is 20.9 Å². The van der Waals surface area contributed by atoms with E-state index in [0.717, 1.165) is 32.8 Å². The van der Waals surface area contributed by atoms with Crippen molar-refractivity contribution < 1.29 is 9.15 Å². The number of nitrogens with one attached hydrogen (secondary N) is 1. The van der Waals surface area contributed by atoms with Crippen LogP contribution in [0, 0.1) is 0 Å². The summed E-state index contributed by atoms with van der Waals surface area (Å²) >= 11 is 11.0. The highest BCUT2D eigenvalue weighted by Crippen LogP contribution is 2.41. The van der Waals surface area contributed by atoms with Gasteiger partial charge in [-0.1, -0.05) is 46.2 Å². The second kappa shape index (κ2) is 8.53. The van der Waals surface area contributed by atoms with Gasteiger partial charge in [-0.05, 0) is 60.4 Å². The Morgan fingerprint density at radius 2 is 1.94 bits per heavy atom. The van der Waals surface area contributed by atoms with Crippen molar-refractivity contribution in [1.29, 1.82) is 0 Å². The topological polar surface area (TPSA) is 73.1 Å². The largest absolute Gasteiger partial charge is 0.455 e. The first kappa shape index (κ1) is 20.4. The zero-order valence-electron chi connectivity index (χ0n) is 16.3. The minimum atomic E-state index is -0.585. The SMILES string of the molecule is CCSc1nnc2c(n1)OC(c1ccc(-c3ccc(Cl)cc3)o1)Nc1ccc(Br)cc1-2. The number of ether oxygens (including phenoxy) is 1. The smallest absolute Gasteiger partial charge is 0.247 e. The van der Waals surface area contributed by atoms with Crippen molar-refractivity contribution >= 4 is 45.0 Å². The second-order valence-electron chi connectivity index (χ2n) is 6.72. The molecule has 0 fully saturated rings. The maximum absolute atomic E-state index is 6.25. The summed E-state index contributed by atoms with van der Waals surface area (Å²) < 4.78 is 13.3. The number of halogens is 2. The average Bonchev–Trinajstić information content (AvgIpc) is 3.20. The van der Waals surface area contributed by atoms with Gasteiger partial charge in [0.25, 0.3) is 0 Å². The van der Waals surface area contributed by atoms with E-state index in [2.05, 4.69) is 36.4 Å². The van der Waals surface area contributed by atoms with Gasteiger partial charge in [0, 0.05) is 26.3 Å². The third-order valence-corrected chi connectivity index (χ3v) is 6.14. The third-order valence-electron chi connectivity index (χ3n) is 4.68. The van der Waals surface area contributed by atoms with Gasteiger partial charge < -0.3 is 14.5 Å². The molecular formula is C22H16BrClN4O2S. The van der Waals surface area contributed by atoms with Gasteiger partial charge in [0.2, 0.25) is 17.3 Å². The van der Waals surface area contributed by atoms with Gasteiger partial charge in [-0.25, -0.2) is 0 Å². The van der Waals surface area contributed by atoms with E-state index in [0.29, 0.717) is 27.5 Å². The molecule has 9 heteroatoms. The van der Waals surface area contributed by atoms with E-state index < -0.39 is 6.23 Å². The first-order chi connectivity index (χ1) is 15.1. The van der Waals surface area contributed by atoms with Gasteiger partial charge in [-0.2, -0.15) is 4.98 Å². The van der Waals surface area contributed by atoms with Gasteiger partial charge in [-0.3, -0.25) is 0 Å². The zero-order chi connectivity index (χ0) is 21.4. The summed E-state index contributed by atoms with van der Waals surface area (Å²) in [5.74, 6) is 2.59. The Kier molecular flexibility index (Phi) is 5.60. The van der Waals surface area contributed by atoms with Crippen LogP contribution >= 0.6 is 39.3 Å². The normalized spacial score (nSPS) is 14.7. The molecule has 0 saturated carbocycles. The second-order valence-corrected chi connectivity index (χ2v) is 9.31. The van der Waals surface area contributed by atoms with Crippen LogP contribution in [0.5, 0.6) is 5.88 Å². The highest BCUT2D eigenvalue weighted by molar-refractivity contribution is 9.10. The summed E-state index contributed by atoms with van der Waals surface area (Å²) in [6.45, 7) is 2.04. The molecule has 0 bridgehead atoms. The van der Waals surface area contributed by atoms with Crippen molar-refractivity contribution in [2.24, 2.45) is 0 Å². The molecule has 1 unspecified atom stereocenters. The van der Waals surface area contributed by atoms with Crippen LogP contribution in [0.1, 0.15) is 18.9 Å². The lowest BCUT2D eigenvalue weighted by Gasteiger charge is -2.16. The third kappa shape index (κ3) is 4.15. The molecule has 4 aromatic rings. The molecule has 0 amide bonds. The standard InChI is InChI=1S/C22H16BrClN4O2S/c1-2-31-22-26-21-19(27-28-22)15-11-13(23)5-8-16(15)25-20(30-21)18-10-9-17(29-18)12-3-6-14(24)7-4-12/h3-11,20,25H,2H2,1H3. The molecule has 0 radical (unpaired) electrons. The lowest BCUT2D eigenvalue weighted by atomic mass is 10.1. The number of hydrogen-bond acceptors (Lipinski definition) is 7. The Balaban J connectivity index is 1.56. The van der Waals surface area contributed by atoms with E-state index in [1.165, 1.54) is 11.8 Å². The molecule has 1 atom stereocenters. The number of hydrogen-bond donors (Lipinski definition) is 1. The maximum atomic E-state index is 6.25. The molecule has 0 spiro atoms. The number of fused-ring (bicyclic) bond motifs is 3. The van der Waals surface area contributed by atoms with Gasteiger partial charge in [-0.15, -0.1) is 10.2 Å². The van der Waals surface area contributed by atoms with E-state index in [1.807, 2.05) is 61.5 Å². The lowest BCUT2D eigenvalue weighted by molar-refractivity contribution is 0.196. The van der Waals surface area contributed by atoms with Crippen molar-refractivity contribution in [2.75, 3.05) is 11.1 Å². The fourth-order valence-electron chi connectivity index (χ4n) is 3.25. The van der Waals surface area contributed by atoms with Crippen molar-refractivity contribution in [3.63, 3.8) is 0 Å². The van der Waals surface area contributed by atoms with Crippen LogP contribution in [0.3, 0.4) is 0 Å². The molecule has 3 heterocycles. The van der Waals surface area contributed by atoms with Crippen LogP contribution in [0.2, 0.25) is 5.02 Å². The van der Waals surface area contributed by atoms with Crippen molar-refractivity contribution in [2.45, 2.75) is 18.3 Å². The summed E-state index contributed by atoms with van der Waals surface area (Å²) in [5, 5.41) is 13.3. The van der Waals surface area contributed by atoms with Crippen molar-refractivity contribution in [1.82, 2.24) is 15.2 Å². The maximum Gasteiger partial charge on any atom is 0.247 e. The Morgan fingerprint density at radius 3 is 2.74 bits per heavy atom. The summed E-state index contributed by atoms with van der Waals surface area (Å²) in [4.78, 5) is 4.60. The van der Waals surface area contributed by atoms with Crippen molar-refractivity contribution in [3.8, 4) is 28.5 Å². The zero-order valence-corrected chi connectivity index (χ0v) is 19.5. The van der Waals surface area contributed by atoms with Crippen LogP contribution in [0.15, 0.2) is 68.6 Å². The molecule has 31 heavy (non-hydrogen) atoms. The molecule has 1 aliphatic rings. The summed E-state index contributed by atoms with van der Waals surface area (Å²) in [6.07, 6.45) is -0.585. The van der Waals surface area contributed by atoms with Gasteiger partial charge in [0.05, 0.1) is 0 Å². The van der Waals surface area contributed by atoms with E-state index in [4.69, 9.17) is 20.8 Å². The Hall–Kier alpha value is -2.55. The minimum Gasteiger partial charge on any atom is -0.455 e. The Labute approximate surface area is 196 Å². The van der Waals surface area contributed by atoms with E-state index in [-0.39, 0.29) is 0 Å². The van der Waals surface area contributed by atoms with Crippen LogP contribution in [0.4, 0.5) is 5.69 Å². The number of benzene rings is 2. The molecule has 5 rings (SSSR count). The summed E-state index contributed by atoms with van der Waals surface area (Å²) in [5.41, 5.74) is 3.21.